The van der Waals surface area contributed by atoms with Crippen molar-refractivity contribution in [3.8, 4) is 0 Å². The average molecular weight is 252 g/mol. The highest BCUT2D eigenvalue weighted by atomic mass is 15.1. The minimum atomic E-state index is 0.699. The van der Waals surface area contributed by atoms with Gasteiger partial charge in [-0.1, -0.05) is 26.2 Å². The highest BCUT2D eigenvalue weighted by Gasteiger charge is 2.28. The van der Waals surface area contributed by atoms with Gasteiger partial charge in [0, 0.05) is 18.6 Å². The smallest absolute Gasteiger partial charge is 0.00978 e. The SMILES string of the molecule is CCC1CCCCC1NC(C)C1CCCN(C)C1. The number of piperidine rings is 1. The molecule has 0 aromatic heterocycles. The minimum Gasteiger partial charge on any atom is -0.311 e. The number of hydrogen-bond donors (Lipinski definition) is 1. The van der Waals surface area contributed by atoms with Crippen molar-refractivity contribution in [1.82, 2.24) is 10.2 Å². The topological polar surface area (TPSA) is 15.3 Å². The molecule has 0 amide bonds. The van der Waals surface area contributed by atoms with Crippen LogP contribution in [0.1, 0.15) is 58.8 Å². The number of rotatable bonds is 4. The summed E-state index contributed by atoms with van der Waals surface area (Å²) in [6.07, 6.45) is 9.91. The molecule has 0 spiro atoms. The second kappa shape index (κ2) is 6.91. The molecule has 1 aliphatic heterocycles. The van der Waals surface area contributed by atoms with Gasteiger partial charge in [0.25, 0.3) is 0 Å². The maximum absolute atomic E-state index is 3.98. The third kappa shape index (κ3) is 3.71. The van der Waals surface area contributed by atoms with E-state index in [0.717, 1.165) is 17.9 Å². The first kappa shape index (κ1) is 14.3. The van der Waals surface area contributed by atoms with E-state index < -0.39 is 0 Å². The van der Waals surface area contributed by atoms with Gasteiger partial charge in [-0.05, 0) is 58.0 Å². The zero-order valence-electron chi connectivity index (χ0n) is 12.6. The maximum atomic E-state index is 3.98. The van der Waals surface area contributed by atoms with E-state index in [-0.39, 0.29) is 0 Å². The Bertz CT molecular complexity index is 241. The quantitative estimate of drug-likeness (QED) is 0.826. The molecular formula is C16H32N2. The van der Waals surface area contributed by atoms with Crippen LogP contribution in [-0.2, 0) is 0 Å². The van der Waals surface area contributed by atoms with Gasteiger partial charge in [-0.25, -0.2) is 0 Å². The van der Waals surface area contributed by atoms with E-state index in [4.69, 9.17) is 0 Å². The molecule has 1 aliphatic carbocycles. The highest BCUT2D eigenvalue weighted by molar-refractivity contribution is 4.86. The third-order valence-electron chi connectivity index (χ3n) is 5.28. The largest absolute Gasteiger partial charge is 0.311 e. The third-order valence-corrected chi connectivity index (χ3v) is 5.28. The van der Waals surface area contributed by atoms with Crippen LogP contribution in [0.15, 0.2) is 0 Å². The van der Waals surface area contributed by atoms with Crippen molar-refractivity contribution in [3.63, 3.8) is 0 Å². The molecule has 2 heteroatoms. The highest BCUT2D eigenvalue weighted by Crippen LogP contribution is 2.28. The summed E-state index contributed by atoms with van der Waals surface area (Å²) < 4.78 is 0. The molecule has 1 saturated heterocycles. The predicted molar refractivity (Wildman–Crippen MR) is 78.9 cm³/mol. The lowest BCUT2D eigenvalue weighted by Gasteiger charge is -2.39. The van der Waals surface area contributed by atoms with Gasteiger partial charge < -0.3 is 10.2 Å². The second-order valence-corrected chi connectivity index (χ2v) is 6.68. The summed E-state index contributed by atoms with van der Waals surface area (Å²) in [7, 11) is 2.27. The van der Waals surface area contributed by atoms with Crippen LogP contribution in [-0.4, -0.2) is 37.1 Å². The second-order valence-electron chi connectivity index (χ2n) is 6.68. The average Bonchev–Trinajstić information content (AvgIpc) is 2.39. The van der Waals surface area contributed by atoms with E-state index >= 15 is 0 Å². The lowest BCUT2D eigenvalue weighted by atomic mass is 9.81. The standard InChI is InChI=1S/C16H32N2/c1-4-14-8-5-6-10-16(14)17-13(2)15-9-7-11-18(3)12-15/h13-17H,4-12H2,1-3H3. The van der Waals surface area contributed by atoms with Gasteiger partial charge in [0.1, 0.15) is 0 Å². The van der Waals surface area contributed by atoms with Crippen LogP contribution >= 0.6 is 0 Å². The van der Waals surface area contributed by atoms with Gasteiger partial charge in [-0.3, -0.25) is 0 Å². The van der Waals surface area contributed by atoms with Crippen molar-refractivity contribution in [3.05, 3.63) is 0 Å². The number of hydrogen-bond acceptors (Lipinski definition) is 2. The molecule has 4 unspecified atom stereocenters. The molecule has 2 nitrogen and oxygen atoms in total. The molecule has 2 fully saturated rings. The fourth-order valence-corrected chi connectivity index (χ4v) is 4.00. The normalized spacial score (nSPS) is 36.5. The number of nitrogens with one attached hydrogen (secondary N) is 1. The zero-order valence-corrected chi connectivity index (χ0v) is 12.6. The van der Waals surface area contributed by atoms with Crippen LogP contribution in [0.4, 0.5) is 0 Å². The van der Waals surface area contributed by atoms with E-state index in [2.05, 4.69) is 31.1 Å². The van der Waals surface area contributed by atoms with E-state index in [0.29, 0.717) is 6.04 Å². The first-order valence-corrected chi connectivity index (χ1v) is 8.15. The van der Waals surface area contributed by atoms with Gasteiger partial charge in [0.15, 0.2) is 0 Å². The summed E-state index contributed by atoms with van der Waals surface area (Å²) in [6, 6.07) is 1.50. The number of nitrogens with zero attached hydrogens (tertiary/aromatic N) is 1. The monoisotopic (exact) mass is 252 g/mol. The van der Waals surface area contributed by atoms with Crippen LogP contribution in [0.25, 0.3) is 0 Å². The summed E-state index contributed by atoms with van der Waals surface area (Å²) >= 11 is 0. The fourth-order valence-electron chi connectivity index (χ4n) is 4.00. The zero-order chi connectivity index (χ0) is 13.0. The Morgan fingerprint density at radius 1 is 1.17 bits per heavy atom. The van der Waals surface area contributed by atoms with Crippen molar-refractivity contribution in [2.75, 3.05) is 20.1 Å². The van der Waals surface area contributed by atoms with Crippen molar-refractivity contribution in [2.45, 2.75) is 70.9 Å². The van der Waals surface area contributed by atoms with Crippen LogP contribution in [0.3, 0.4) is 0 Å². The Balaban J connectivity index is 1.83. The van der Waals surface area contributed by atoms with Gasteiger partial charge in [0.05, 0.1) is 0 Å². The Hall–Kier alpha value is -0.0800. The molecule has 106 valence electrons. The fraction of sp³-hybridized carbons (Fsp3) is 1.00. The molecule has 0 radical (unpaired) electrons. The summed E-state index contributed by atoms with van der Waals surface area (Å²) in [4.78, 5) is 2.50. The maximum Gasteiger partial charge on any atom is 0.00978 e. The molecule has 4 atom stereocenters. The Morgan fingerprint density at radius 3 is 2.67 bits per heavy atom. The van der Waals surface area contributed by atoms with E-state index in [9.17, 15) is 0 Å². The molecule has 1 saturated carbocycles. The van der Waals surface area contributed by atoms with Crippen molar-refractivity contribution in [2.24, 2.45) is 11.8 Å². The molecule has 0 bridgehead atoms. The van der Waals surface area contributed by atoms with E-state index in [1.165, 1.54) is 58.0 Å². The van der Waals surface area contributed by atoms with Crippen molar-refractivity contribution in [1.29, 1.82) is 0 Å². The van der Waals surface area contributed by atoms with Gasteiger partial charge in [0.2, 0.25) is 0 Å². The molecule has 1 N–H and O–H groups in total. The first-order valence-electron chi connectivity index (χ1n) is 8.15. The molecule has 2 rings (SSSR count). The van der Waals surface area contributed by atoms with Crippen LogP contribution in [0.5, 0.6) is 0 Å². The molecule has 2 aliphatic rings. The Labute approximate surface area is 114 Å². The van der Waals surface area contributed by atoms with Crippen molar-refractivity contribution >= 4 is 0 Å². The molecule has 18 heavy (non-hydrogen) atoms. The van der Waals surface area contributed by atoms with Gasteiger partial charge in [-0.2, -0.15) is 0 Å². The molecule has 1 heterocycles. The Kier molecular flexibility index (Phi) is 5.50. The summed E-state index contributed by atoms with van der Waals surface area (Å²) in [6.45, 7) is 7.37. The van der Waals surface area contributed by atoms with Crippen LogP contribution in [0.2, 0.25) is 0 Å². The van der Waals surface area contributed by atoms with E-state index in [1.807, 2.05) is 0 Å². The first-order chi connectivity index (χ1) is 8.70. The number of likely N-dealkylation sites (tertiary alicyclic amines) is 1. The minimum absolute atomic E-state index is 0.699. The molecule has 0 aromatic carbocycles. The van der Waals surface area contributed by atoms with Crippen molar-refractivity contribution < 1.29 is 0 Å². The summed E-state index contributed by atoms with van der Waals surface area (Å²) in [5.74, 6) is 1.80. The van der Waals surface area contributed by atoms with Gasteiger partial charge >= 0.3 is 0 Å². The lowest BCUT2D eigenvalue weighted by Crippen LogP contribution is -2.49. The van der Waals surface area contributed by atoms with Crippen LogP contribution < -0.4 is 5.32 Å². The van der Waals surface area contributed by atoms with Gasteiger partial charge in [-0.15, -0.1) is 0 Å². The summed E-state index contributed by atoms with van der Waals surface area (Å²) in [5.41, 5.74) is 0. The lowest BCUT2D eigenvalue weighted by molar-refractivity contribution is 0.153. The summed E-state index contributed by atoms with van der Waals surface area (Å²) in [5, 5.41) is 3.98. The Morgan fingerprint density at radius 2 is 1.94 bits per heavy atom. The molecular weight excluding hydrogens is 220 g/mol. The van der Waals surface area contributed by atoms with Crippen LogP contribution in [0, 0.1) is 11.8 Å². The predicted octanol–water partition coefficient (Wildman–Crippen LogP) is 3.28. The molecule has 0 aromatic rings. The van der Waals surface area contributed by atoms with E-state index in [1.54, 1.807) is 0 Å².